The van der Waals surface area contributed by atoms with Crippen LogP contribution in [0.2, 0.25) is 0 Å². The summed E-state index contributed by atoms with van der Waals surface area (Å²) in [5.74, 6) is 4.88. The number of hydrogen-bond donors (Lipinski definition) is 0. The minimum Gasteiger partial charge on any atom is -0.458 e. The molecule has 3 nitrogen and oxygen atoms in total. The largest absolute Gasteiger partial charge is 1.00 e. The van der Waals surface area contributed by atoms with Gasteiger partial charge in [0.25, 0.3) is 0 Å². The fraction of sp³-hybridized carbons (Fsp3) is 0. The van der Waals surface area contributed by atoms with E-state index in [1.165, 1.54) is 42.6 Å². The van der Waals surface area contributed by atoms with Crippen molar-refractivity contribution in [1.29, 1.82) is 0 Å². The summed E-state index contributed by atoms with van der Waals surface area (Å²) in [5.41, 5.74) is 6.80. The smallest absolute Gasteiger partial charge is 0.458 e. The van der Waals surface area contributed by atoms with Crippen molar-refractivity contribution >= 4 is 113 Å². The van der Waals surface area contributed by atoms with Gasteiger partial charge in [0.2, 0.25) is 0 Å². The van der Waals surface area contributed by atoms with Gasteiger partial charge in [0.15, 0.2) is 0 Å². The van der Waals surface area contributed by atoms with Crippen LogP contribution in [0.15, 0.2) is 256 Å². The Bertz CT molecular complexity index is 3800. The molecule has 0 saturated heterocycles. The molecule has 13 rings (SSSR count). The van der Waals surface area contributed by atoms with E-state index in [2.05, 4.69) is 170 Å². The van der Waals surface area contributed by atoms with Crippen LogP contribution in [0.3, 0.4) is 0 Å². The second-order valence-corrected chi connectivity index (χ2v) is 21.4. The standard InChI is InChI=1S/C36H26OP2.2C14H7O.2Au/c1-5-15-27(16-6-1)38(28-17-7-2-8-18-28)35-25-32-31-23-13-14-24-33(31)37-34(32)26-36(35)39(29-19-9-3-10-20-29)30-21-11-4-12-22-30;2*1-2-10-6-5-9-13-14(10)11-7-3-4-8-12(11)15-13;;/h1-26H;2*3-9H;;/q;2*-1;2*+1/p+2. The average molecular weight is 1310 g/mol. The van der Waals surface area contributed by atoms with Gasteiger partial charge in [-0.1, -0.05) is 140 Å². The molecule has 3 aromatic heterocycles. The number of hydrogen-bond acceptors (Lipinski definition) is 3. The maximum atomic E-state index is 7.25. The number of benzene rings is 10. The van der Waals surface area contributed by atoms with Crippen LogP contribution in [-0.2, 0) is 44.8 Å². The van der Waals surface area contributed by atoms with Crippen molar-refractivity contribution in [2.75, 3.05) is 0 Å². The zero-order valence-corrected chi connectivity index (χ0v) is 44.3. The molecule has 0 fully saturated rings. The SMILES string of the molecule is [Au+].[Au+].[C-]#Cc1cccc2oc3ccccc3c12.[C-]#Cc1cccc2oc3ccccc3c12.c1ccc([PH+](c2ccccc2)c2cc3oc4ccccc4c3cc2[PH+](c2ccccc2)c2ccccc2)cc1. The molecule has 71 heavy (non-hydrogen) atoms. The Kier molecular flexibility index (Phi) is 15.5. The van der Waals surface area contributed by atoms with E-state index >= 15 is 0 Å². The van der Waals surface area contributed by atoms with Crippen molar-refractivity contribution in [2.24, 2.45) is 0 Å². The van der Waals surface area contributed by atoms with Crippen LogP contribution < -0.4 is 31.8 Å². The summed E-state index contributed by atoms with van der Waals surface area (Å²) >= 11 is 0. The summed E-state index contributed by atoms with van der Waals surface area (Å²) < 4.78 is 17.8. The predicted molar refractivity (Wildman–Crippen MR) is 294 cm³/mol. The molecule has 0 aliphatic heterocycles. The number of fused-ring (bicyclic) bond motifs is 9. The van der Waals surface area contributed by atoms with Crippen molar-refractivity contribution in [3.05, 3.63) is 267 Å². The van der Waals surface area contributed by atoms with E-state index in [-0.39, 0.29) is 44.8 Å². The van der Waals surface area contributed by atoms with Gasteiger partial charge in [0.05, 0.1) is 0 Å². The number of furan rings is 3. The molecule has 0 N–H and O–H groups in total. The molecule has 7 heteroatoms. The first-order valence-electron chi connectivity index (χ1n) is 22.7. The molecule has 0 saturated carbocycles. The summed E-state index contributed by atoms with van der Waals surface area (Å²) in [6.07, 6.45) is 14.5. The quantitative estimate of drug-likeness (QED) is 0.0721. The number of para-hydroxylation sites is 3. The molecule has 0 spiro atoms. The molecular formula is C64H42Au2O3P2+2. The van der Waals surface area contributed by atoms with Crippen LogP contribution in [-0.4, -0.2) is 0 Å². The molecule has 0 radical (unpaired) electrons. The Morgan fingerprint density at radius 2 is 0.592 bits per heavy atom. The summed E-state index contributed by atoms with van der Waals surface area (Å²) in [6.45, 7) is 0. The minimum atomic E-state index is -1.33. The van der Waals surface area contributed by atoms with Gasteiger partial charge in [0.1, 0.15) is 81.2 Å². The summed E-state index contributed by atoms with van der Waals surface area (Å²) in [5, 5.41) is 14.8. The van der Waals surface area contributed by atoms with E-state index in [0.717, 1.165) is 66.2 Å². The Labute approximate surface area is 446 Å². The summed E-state index contributed by atoms with van der Waals surface area (Å²) in [7, 11) is -2.65. The monoisotopic (exact) mass is 1310 g/mol. The van der Waals surface area contributed by atoms with Gasteiger partial charge < -0.3 is 26.1 Å². The normalized spacial score (nSPS) is 10.8. The molecule has 3 heterocycles. The van der Waals surface area contributed by atoms with E-state index in [4.69, 9.17) is 26.1 Å². The molecule has 0 aliphatic rings. The van der Waals surface area contributed by atoms with E-state index < -0.39 is 15.8 Å². The van der Waals surface area contributed by atoms with Crippen molar-refractivity contribution in [2.45, 2.75) is 0 Å². The van der Waals surface area contributed by atoms with Crippen LogP contribution >= 0.6 is 15.8 Å². The Balaban J connectivity index is 0.000000159. The maximum Gasteiger partial charge on any atom is 1.00 e. The molecule has 10 aromatic carbocycles. The molecule has 0 bridgehead atoms. The fourth-order valence-electron chi connectivity index (χ4n) is 9.32. The van der Waals surface area contributed by atoms with Crippen molar-refractivity contribution in [3.63, 3.8) is 0 Å². The third-order valence-corrected chi connectivity index (χ3v) is 18.2. The third kappa shape index (κ3) is 9.91. The van der Waals surface area contributed by atoms with Gasteiger partial charge in [0, 0.05) is 27.6 Å². The maximum absolute atomic E-state index is 7.25. The average Bonchev–Trinajstić information content (AvgIpc) is 4.12. The van der Waals surface area contributed by atoms with Crippen LogP contribution in [0.4, 0.5) is 0 Å². The first kappa shape index (κ1) is 49.1. The number of rotatable bonds is 6. The zero-order chi connectivity index (χ0) is 46.5. The van der Waals surface area contributed by atoms with E-state index in [0.29, 0.717) is 0 Å². The second-order valence-electron chi connectivity index (χ2n) is 16.5. The molecule has 0 amide bonds. The van der Waals surface area contributed by atoms with Crippen LogP contribution in [0, 0.1) is 24.7 Å². The molecule has 0 unspecified atom stereocenters. The Morgan fingerprint density at radius 3 is 0.986 bits per heavy atom. The van der Waals surface area contributed by atoms with Gasteiger partial charge in [-0.05, 0) is 95.7 Å². The van der Waals surface area contributed by atoms with E-state index in [1.807, 2.05) is 84.9 Å². The molecule has 0 aliphatic carbocycles. The zero-order valence-electron chi connectivity index (χ0n) is 37.9. The Hall–Kier alpha value is -6.94. The second kappa shape index (κ2) is 22.4. The van der Waals surface area contributed by atoms with Crippen molar-refractivity contribution < 1.29 is 58.0 Å². The molecule has 0 atom stereocenters. The topological polar surface area (TPSA) is 39.4 Å². The Morgan fingerprint density at radius 1 is 0.282 bits per heavy atom. The van der Waals surface area contributed by atoms with Gasteiger partial charge in [-0.2, -0.15) is 0 Å². The van der Waals surface area contributed by atoms with E-state index in [1.54, 1.807) is 0 Å². The van der Waals surface area contributed by atoms with Gasteiger partial charge in [-0.15, -0.1) is 23.3 Å². The molecule has 13 aromatic rings. The van der Waals surface area contributed by atoms with Crippen LogP contribution in [0.25, 0.3) is 65.8 Å². The van der Waals surface area contributed by atoms with Crippen molar-refractivity contribution in [1.82, 2.24) is 0 Å². The van der Waals surface area contributed by atoms with E-state index in [9.17, 15) is 0 Å². The van der Waals surface area contributed by atoms with Crippen LogP contribution in [0.5, 0.6) is 0 Å². The summed E-state index contributed by atoms with van der Waals surface area (Å²) in [6, 6.07) is 84.5. The first-order chi connectivity index (χ1) is 34.2. The van der Waals surface area contributed by atoms with Crippen LogP contribution in [0.1, 0.15) is 11.1 Å². The fourth-order valence-corrected chi connectivity index (χ4v) is 15.3. The first-order valence-corrected chi connectivity index (χ1v) is 25.7. The minimum absolute atomic E-state index is 0. The van der Waals surface area contributed by atoms with Gasteiger partial charge >= 0.3 is 44.8 Å². The summed E-state index contributed by atoms with van der Waals surface area (Å²) in [4.78, 5) is 0. The molecule has 346 valence electrons. The molecular weight excluding hydrogens is 1270 g/mol. The van der Waals surface area contributed by atoms with Gasteiger partial charge in [-0.3, -0.25) is 11.8 Å². The predicted octanol–water partition coefficient (Wildman–Crippen LogP) is 13.6. The van der Waals surface area contributed by atoms with Gasteiger partial charge in [-0.25, -0.2) is 0 Å². The van der Waals surface area contributed by atoms with Crippen molar-refractivity contribution in [3.8, 4) is 11.8 Å². The third-order valence-electron chi connectivity index (χ3n) is 12.4.